The number of anilines is 1. The van der Waals surface area contributed by atoms with Crippen molar-refractivity contribution in [3.8, 4) is 0 Å². The molecule has 0 radical (unpaired) electrons. The van der Waals surface area contributed by atoms with Gasteiger partial charge in [0, 0.05) is 5.56 Å². The first-order valence-corrected chi connectivity index (χ1v) is 6.86. The summed E-state index contributed by atoms with van der Waals surface area (Å²) in [5.74, 6) is -0.337. The van der Waals surface area contributed by atoms with E-state index in [9.17, 15) is 14.9 Å². The molecule has 0 saturated carbocycles. The van der Waals surface area contributed by atoms with Crippen LogP contribution in [0.15, 0.2) is 48.7 Å². The molecule has 104 valence electrons. The number of aromatic nitrogens is 1. The highest BCUT2D eigenvalue weighted by Gasteiger charge is 2.15. The molecule has 0 aliphatic heterocycles. The summed E-state index contributed by atoms with van der Waals surface area (Å²) in [5, 5.41) is 15.1. The summed E-state index contributed by atoms with van der Waals surface area (Å²) in [6.07, 6.45) is 1.13. The predicted molar refractivity (Wildman–Crippen MR) is 80.7 cm³/mol. The highest BCUT2D eigenvalue weighted by Crippen LogP contribution is 2.26. The number of benzene rings is 2. The van der Waals surface area contributed by atoms with Gasteiger partial charge >= 0.3 is 5.00 Å². The van der Waals surface area contributed by atoms with Gasteiger partial charge in [-0.2, -0.15) is 0 Å². The Bertz CT molecular complexity index is 839. The molecule has 6 nitrogen and oxygen atoms in total. The molecule has 1 aromatic heterocycles. The van der Waals surface area contributed by atoms with Gasteiger partial charge in [0.2, 0.25) is 0 Å². The molecular weight excluding hydrogens is 290 g/mol. The zero-order chi connectivity index (χ0) is 14.8. The molecule has 21 heavy (non-hydrogen) atoms. The van der Waals surface area contributed by atoms with Crippen molar-refractivity contribution in [2.45, 2.75) is 0 Å². The van der Waals surface area contributed by atoms with Crippen LogP contribution in [0.1, 0.15) is 10.4 Å². The largest absolute Gasteiger partial charge is 0.345 e. The lowest BCUT2D eigenvalue weighted by molar-refractivity contribution is -0.380. The van der Waals surface area contributed by atoms with E-state index in [1.165, 1.54) is 0 Å². The number of nitro groups is 1. The van der Waals surface area contributed by atoms with Gasteiger partial charge in [-0.25, -0.2) is 4.98 Å². The number of thiazole rings is 1. The van der Waals surface area contributed by atoms with Crippen LogP contribution in [0.2, 0.25) is 0 Å². The van der Waals surface area contributed by atoms with Crippen molar-refractivity contribution < 1.29 is 9.72 Å². The molecule has 3 aromatic rings. The van der Waals surface area contributed by atoms with E-state index in [4.69, 9.17) is 0 Å². The number of carbonyl (C=O) groups is 1. The molecule has 0 atom stereocenters. The van der Waals surface area contributed by atoms with Crippen molar-refractivity contribution in [1.82, 2.24) is 4.98 Å². The smallest absolute Gasteiger partial charge is 0.298 e. The van der Waals surface area contributed by atoms with Gasteiger partial charge in [-0.15, -0.1) is 0 Å². The molecule has 0 bridgehead atoms. The van der Waals surface area contributed by atoms with E-state index >= 15 is 0 Å². The Morgan fingerprint density at radius 1 is 1.19 bits per heavy atom. The average Bonchev–Trinajstić information content (AvgIpc) is 2.95. The molecule has 1 N–H and O–H groups in total. The second kappa shape index (κ2) is 5.29. The molecule has 0 unspecified atom stereocenters. The third kappa shape index (κ3) is 2.59. The summed E-state index contributed by atoms with van der Waals surface area (Å²) in [7, 11) is 0. The van der Waals surface area contributed by atoms with Gasteiger partial charge in [0.05, 0.1) is 4.92 Å². The Kier molecular flexibility index (Phi) is 3.33. The molecule has 3 rings (SSSR count). The zero-order valence-electron chi connectivity index (χ0n) is 10.6. The van der Waals surface area contributed by atoms with Crippen LogP contribution in [0.4, 0.5) is 10.1 Å². The number of carbonyl (C=O) groups excluding carboxylic acids is 1. The summed E-state index contributed by atoms with van der Waals surface area (Å²) < 4.78 is 0. The quantitative estimate of drug-likeness (QED) is 0.593. The number of amides is 1. The van der Waals surface area contributed by atoms with Crippen molar-refractivity contribution >= 4 is 38.1 Å². The van der Waals surface area contributed by atoms with Crippen molar-refractivity contribution in [3.63, 3.8) is 0 Å². The van der Waals surface area contributed by atoms with Crippen LogP contribution in [0.25, 0.3) is 10.8 Å². The van der Waals surface area contributed by atoms with Crippen molar-refractivity contribution in [3.05, 3.63) is 64.3 Å². The summed E-state index contributed by atoms with van der Waals surface area (Å²) in [6, 6.07) is 12.9. The van der Waals surface area contributed by atoms with Gasteiger partial charge in [0.25, 0.3) is 5.91 Å². The number of nitrogens with one attached hydrogen (secondary N) is 1. The summed E-state index contributed by atoms with van der Waals surface area (Å²) in [6.45, 7) is 0. The Balaban J connectivity index is 1.91. The topological polar surface area (TPSA) is 85.1 Å². The number of hydrogen-bond donors (Lipinski definition) is 1. The number of rotatable bonds is 3. The number of fused-ring (bicyclic) bond motifs is 1. The molecule has 1 amide bonds. The number of hydrogen-bond acceptors (Lipinski definition) is 5. The standard InChI is InChI=1S/C14H9N3O3S/c18-13(16-14-15-8-12(21-14)17(19)20)11-7-3-5-9-4-1-2-6-10(9)11/h1-8H,(H,15,16,18). The summed E-state index contributed by atoms with van der Waals surface area (Å²) in [5.41, 5.74) is 0.506. The van der Waals surface area contributed by atoms with Crippen LogP contribution >= 0.6 is 11.3 Å². The Morgan fingerprint density at radius 3 is 2.71 bits per heavy atom. The van der Waals surface area contributed by atoms with Gasteiger partial charge in [-0.05, 0) is 28.2 Å². The first-order chi connectivity index (χ1) is 10.1. The SMILES string of the molecule is O=C(Nc1ncc([N+](=O)[O-])s1)c1cccc2ccccc12. The molecule has 0 saturated heterocycles. The van der Waals surface area contributed by atoms with Gasteiger partial charge in [-0.1, -0.05) is 36.4 Å². The third-order valence-electron chi connectivity index (χ3n) is 2.93. The fourth-order valence-electron chi connectivity index (χ4n) is 2.00. The summed E-state index contributed by atoms with van der Waals surface area (Å²) in [4.78, 5) is 26.2. The second-order valence-electron chi connectivity index (χ2n) is 4.24. The zero-order valence-corrected chi connectivity index (χ0v) is 11.5. The fraction of sp³-hybridized carbons (Fsp3) is 0. The number of nitrogens with zero attached hydrogens (tertiary/aromatic N) is 2. The van der Waals surface area contributed by atoms with Gasteiger partial charge in [-0.3, -0.25) is 20.2 Å². The Labute approximate surface area is 123 Å². The van der Waals surface area contributed by atoms with Gasteiger partial charge in [0.15, 0.2) is 5.13 Å². The van der Waals surface area contributed by atoms with Gasteiger partial charge < -0.3 is 0 Å². The molecule has 2 aromatic carbocycles. The molecule has 0 aliphatic rings. The molecule has 7 heteroatoms. The Hall–Kier alpha value is -2.80. The van der Waals surface area contributed by atoms with Crippen LogP contribution in [0.5, 0.6) is 0 Å². The molecule has 0 spiro atoms. The van der Waals surface area contributed by atoms with E-state index in [2.05, 4.69) is 10.3 Å². The molecule has 1 heterocycles. The molecular formula is C14H9N3O3S. The molecule has 0 aliphatic carbocycles. The normalized spacial score (nSPS) is 10.5. The van der Waals surface area contributed by atoms with Gasteiger partial charge in [0.1, 0.15) is 6.20 Å². The average molecular weight is 299 g/mol. The van der Waals surface area contributed by atoms with E-state index in [1.807, 2.05) is 30.3 Å². The lowest BCUT2D eigenvalue weighted by Crippen LogP contribution is -2.11. The highest BCUT2D eigenvalue weighted by molar-refractivity contribution is 7.18. The van der Waals surface area contributed by atoms with E-state index in [0.717, 1.165) is 28.3 Å². The second-order valence-corrected chi connectivity index (χ2v) is 5.25. The highest BCUT2D eigenvalue weighted by atomic mass is 32.1. The monoisotopic (exact) mass is 299 g/mol. The first-order valence-electron chi connectivity index (χ1n) is 6.04. The van der Waals surface area contributed by atoms with Crippen molar-refractivity contribution in [1.29, 1.82) is 0 Å². The van der Waals surface area contributed by atoms with Crippen LogP contribution in [-0.4, -0.2) is 15.8 Å². The lowest BCUT2D eigenvalue weighted by atomic mass is 10.0. The minimum absolute atomic E-state index is 0.108. The fourth-order valence-corrected chi connectivity index (χ4v) is 2.62. The Morgan fingerprint density at radius 2 is 1.95 bits per heavy atom. The van der Waals surface area contributed by atoms with Crippen LogP contribution in [0, 0.1) is 10.1 Å². The summed E-state index contributed by atoms with van der Waals surface area (Å²) >= 11 is 0.827. The van der Waals surface area contributed by atoms with Crippen LogP contribution in [-0.2, 0) is 0 Å². The van der Waals surface area contributed by atoms with E-state index in [1.54, 1.807) is 12.1 Å². The maximum absolute atomic E-state index is 12.3. The maximum Gasteiger partial charge on any atom is 0.345 e. The lowest BCUT2D eigenvalue weighted by Gasteiger charge is -2.05. The van der Waals surface area contributed by atoms with Crippen molar-refractivity contribution in [2.24, 2.45) is 0 Å². The third-order valence-corrected chi connectivity index (χ3v) is 3.79. The van der Waals surface area contributed by atoms with E-state index in [-0.39, 0.29) is 16.0 Å². The van der Waals surface area contributed by atoms with Crippen molar-refractivity contribution in [2.75, 3.05) is 5.32 Å². The minimum Gasteiger partial charge on any atom is -0.298 e. The maximum atomic E-state index is 12.3. The minimum atomic E-state index is -0.536. The molecule has 0 fully saturated rings. The van der Waals surface area contributed by atoms with Crippen LogP contribution < -0.4 is 5.32 Å². The predicted octanol–water partition coefficient (Wildman–Crippen LogP) is 3.46. The van der Waals surface area contributed by atoms with E-state index < -0.39 is 4.92 Å². The van der Waals surface area contributed by atoms with E-state index in [0.29, 0.717) is 5.56 Å². The van der Waals surface area contributed by atoms with Crippen LogP contribution in [0.3, 0.4) is 0 Å². The first kappa shape index (κ1) is 13.2.